The van der Waals surface area contributed by atoms with Crippen molar-refractivity contribution in [1.29, 1.82) is 0 Å². The summed E-state index contributed by atoms with van der Waals surface area (Å²) in [5.74, 6) is 0.967. The van der Waals surface area contributed by atoms with Crippen LogP contribution in [0.5, 0.6) is 5.75 Å². The Hall–Kier alpha value is -2.18. The minimum atomic E-state index is -0.394. The van der Waals surface area contributed by atoms with Gasteiger partial charge >= 0.3 is 5.97 Å². The third kappa shape index (κ3) is 8.06. The maximum Gasteiger partial charge on any atom is 0.341 e. The van der Waals surface area contributed by atoms with Gasteiger partial charge in [-0.1, -0.05) is 39.8 Å². The quantitative estimate of drug-likeness (QED) is 0.260. The van der Waals surface area contributed by atoms with Crippen LogP contribution in [0.25, 0.3) is 0 Å². The third-order valence-electron chi connectivity index (χ3n) is 5.07. The molecule has 0 aliphatic heterocycles. The number of anilines is 1. The molecule has 6 heteroatoms. The molecule has 2 rings (SSSR count). The van der Waals surface area contributed by atoms with Crippen molar-refractivity contribution in [3.05, 3.63) is 53.6 Å². The van der Waals surface area contributed by atoms with E-state index in [0.717, 1.165) is 30.0 Å². The molecule has 2 aromatic carbocycles. The minimum Gasteiger partial charge on any atom is -0.492 e. The summed E-state index contributed by atoms with van der Waals surface area (Å²) >= 11 is 1.62. The monoisotopic (exact) mass is 459 g/mol. The first-order valence-corrected chi connectivity index (χ1v) is 12.0. The van der Waals surface area contributed by atoms with Gasteiger partial charge in [0, 0.05) is 30.8 Å². The highest BCUT2D eigenvalue weighted by atomic mass is 32.2. The van der Waals surface area contributed by atoms with Crippen LogP contribution in [-0.4, -0.2) is 39.9 Å². The van der Waals surface area contributed by atoms with E-state index in [1.165, 1.54) is 12.7 Å². The molecule has 0 heterocycles. The van der Waals surface area contributed by atoms with Gasteiger partial charge < -0.3 is 18.5 Å². The summed E-state index contributed by atoms with van der Waals surface area (Å²) in [6.45, 7) is 10.8. The normalized spacial score (nSPS) is 12.0. The summed E-state index contributed by atoms with van der Waals surface area (Å²) in [6, 6.07) is 14.4. The standard InChI is InChI=1S/C26H37NO4S/c1-7-21-8-10-22(11-9-21)27(17-19(2)3)32-23-12-13-25(24(16-23)26(28)30-6)31-18-20(4)14-15-29-5/h8-13,16,19-20H,7,14-15,17-18H2,1-6H3. The second-order valence-electron chi connectivity index (χ2n) is 8.41. The highest BCUT2D eigenvalue weighted by Gasteiger charge is 2.18. The van der Waals surface area contributed by atoms with Crippen LogP contribution in [0.1, 0.15) is 50.0 Å². The molecule has 0 saturated carbocycles. The van der Waals surface area contributed by atoms with Crippen LogP contribution in [0, 0.1) is 11.8 Å². The first-order chi connectivity index (χ1) is 15.4. The Morgan fingerprint density at radius 2 is 1.78 bits per heavy atom. The van der Waals surface area contributed by atoms with Crippen LogP contribution in [0.4, 0.5) is 5.69 Å². The molecule has 0 aliphatic carbocycles. The molecule has 1 unspecified atom stereocenters. The van der Waals surface area contributed by atoms with Crippen LogP contribution in [0.3, 0.4) is 0 Å². The van der Waals surface area contributed by atoms with E-state index < -0.39 is 5.97 Å². The number of rotatable bonds is 13. The number of hydrogen-bond acceptors (Lipinski definition) is 6. The molecule has 0 aliphatic rings. The van der Waals surface area contributed by atoms with Crippen LogP contribution in [0.15, 0.2) is 47.4 Å². The second-order valence-corrected chi connectivity index (χ2v) is 9.51. The van der Waals surface area contributed by atoms with Crippen molar-refractivity contribution in [3.8, 4) is 5.75 Å². The Bertz CT molecular complexity index is 838. The lowest BCUT2D eigenvalue weighted by Gasteiger charge is -2.26. The van der Waals surface area contributed by atoms with Gasteiger partial charge in [-0.3, -0.25) is 0 Å². The van der Waals surface area contributed by atoms with E-state index in [1.807, 2.05) is 18.2 Å². The van der Waals surface area contributed by atoms with Gasteiger partial charge in [-0.05, 0) is 72.5 Å². The molecule has 176 valence electrons. The summed E-state index contributed by atoms with van der Waals surface area (Å²) in [5, 5.41) is 0. The first kappa shape index (κ1) is 26.1. The van der Waals surface area contributed by atoms with Crippen molar-refractivity contribution >= 4 is 23.6 Å². The molecule has 0 spiro atoms. The molecule has 0 aromatic heterocycles. The maximum atomic E-state index is 12.5. The van der Waals surface area contributed by atoms with Gasteiger partial charge in [0.25, 0.3) is 0 Å². The third-order valence-corrected chi connectivity index (χ3v) is 6.12. The minimum absolute atomic E-state index is 0.321. The molecule has 0 bridgehead atoms. The molecule has 0 fully saturated rings. The van der Waals surface area contributed by atoms with Gasteiger partial charge in [0.05, 0.1) is 13.7 Å². The largest absolute Gasteiger partial charge is 0.492 e. The van der Waals surface area contributed by atoms with Crippen LogP contribution in [-0.2, 0) is 15.9 Å². The Morgan fingerprint density at radius 1 is 1.06 bits per heavy atom. The maximum absolute atomic E-state index is 12.5. The number of methoxy groups -OCH3 is 2. The Kier molecular flexibility index (Phi) is 10.9. The van der Waals surface area contributed by atoms with Crippen molar-refractivity contribution in [3.63, 3.8) is 0 Å². The van der Waals surface area contributed by atoms with E-state index in [-0.39, 0.29) is 0 Å². The smallest absolute Gasteiger partial charge is 0.341 e. The Morgan fingerprint density at radius 3 is 2.38 bits per heavy atom. The van der Waals surface area contributed by atoms with Crippen molar-refractivity contribution in [2.45, 2.75) is 45.4 Å². The van der Waals surface area contributed by atoms with E-state index in [4.69, 9.17) is 14.2 Å². The fraction of sp³-hybridized carbons (Fsp3) is 0.500. The zero-order chi connectivity index (χ0) is 23.5. The summed E-state index contributed by atoms with van der Waals surface area (Å²) in [7, 11) is 3.09. The average Bonchev–Trinajstić information content (AvgIpc) is 2.80. The number of esters is 1. The van der Waals surface area contributed by atoms with E-state index in [0.29, 0.717) is 36.4 Å². The van der Waals surface area contributed by atoms with Gasteiger partial charge in [-0.2, -0.15) is 0 Å². The van der Waals surface area contributed by atoms with Crippen molar-refractivity contribution in [2.75, 3.05) is 38.3 Å². The van der Waals surface area contributed by atoms with Gasteiger partial charge in [-0.15, -0.1) is 0 Å². The van der Waals surface area contributed by atoms with Crippen LogP contribution < -0.4 is 9.04 Å². The predicted molar refractivity (Wildman–Crippen MR) is 133 cm³/mol. The van der Waals surface area contributed by atoms with Crippen molar-refractivity contribution in [2.24, 2.45) is 11.8 Å². The molecule has 32 heavy (non-hydrogen) atoms. The summed E-state index contributed by atoms with van der Waals surface area (Å²) in [6.07, 6.45) is 1.92. The Balaban J connectivity index is 2.23. The zero-order valence-electron chi connectivity index (χ0n) is 20.2. The van der Waals surface area contributed by atoms with Crippen molar-refractivity contribution < 1.29 is 19.0 Å². The second kappa shape index (κ2) is 13.4. The summed E-state index contributed by atoms with van der Waals surface area (Å²) < 4.78 is 18.4. The lowest BCUT2D eigenvalue weighted by atomic mass is 10.1. The molecular weight excluding hydrogens is 422 g/mol. The fourth-order valence-electron chi connectivity index (χ4n) is 3.15. The number of aryl methyl sites for hydroxylation is 1. The molecule has 0 N–H and O–H groups in total. The number of benzene rings is 2. The molecule has 0 amide bonds. The van der Waals surface area contributed by atoms with Gasteiger partial charge in [0.2, 0.25) is 0 Å². The van der Waals surface area contributed by atoms with E-state index in [1.54, 1.807) is 19.1 Å². The highest BCUT2D eigenvalue weighted by Crippen LogP contribution is 2.33. The number of hydrogen-bond donors (Lipinski definition) is 0. The average molecular weight is 460 g/mol. The summed E-state index contributed by atoms with van der Waals surface area (Å²) in [5.41, 5.74) is 2.91. The lowest BCUT2D eigenvalue weighted by Crippen LogP contribution is -2.20. The zero-order valence-corrected chi connectivity index (χ0v) is 21.0. The van der Waals surface area contributed by atoms with E-state index in [2.05, 4.69) is 56.3 Å². The molecule has 0 radical (unpaired) electrons. The lowest BCUT2D eigenvalue weighted by molar-refractivity contribution is 0.0594. The molecular formula is C26H37NO4S. The molecule has 2 aromatic rings. The van der Waals surface area contributed by atoms with E-state index >= 15 is 0 Å². The molecule has 1 atom stereocenters. The molecule has 5 nitrogen and oxygen atoms in total. The number of carbonyl (C=O) groups is 1. The van der Waals surface area contributed by atoms with Gasteiger partial charge in [-0.25, -0.2) is 4.79 Å². The fourth-order valence-corrected chi connectivity index (χ4v) is 4.30. The van der Waals surface area contributed by atoms with E-state index in [9.17, 15) is 4.79 Å². The first-order valence-electron chi connectivity index (χ1n) is 11.3. The van der Waals surface area contributed by atoms with Gasteiger partial charge in [0.15, 0.2) is 0 Å². The highest BCUT2D eigenvalue weighted by molar-refractivity contribution is 8.00. The molecule has 0 saturated heterocycles. The van der Waals surface area contributed by atoms with Gasteiger partial charge in [0.1, 0.15) is 11.3 Å². The van der Waals surface area contributed by atoms with Crippen LogP contribution >= 0.6 is 11.9 Å². The number of carbonyl (C=O) groups excluding carboxylic acids is 1. The van der Waals surface area contributed by atoms with Crippen molar-refractivity contribution in [1.82, 2.24) is 0 Å². The summed E-state index contributed by atoms with van der Waals surface area (Å²) in [4.78, 5) is 13.4. The SMILES string of the molecule is CCc1ccc(N(CC(C)C)Sc2ccc(OCC(C)CCOC)c(C(=O)OC)c2)cc1. The Labute approximate surface area is 197 Å². The number of nitrogens with zero attached hydrogens (tertiary/aromatic N) is 1. The van der Waals surface area contributed by atoms with Crippen LogP contribution in [0.2, 0.25) is 0 Å². The predicted octanol–water partition coefficient (Wildman–Crippen LogP) is 6.26. The topological polar surface area (TPSA) is 48.0 Å². The number of ether oxygens (including phenoxy) is 3.